The first kappa shape index (κ1) is 28.0. The quantitative estimate of drug-likeness (QED) is 0.230. The summed E-state index contributed by atoms with van der Waals surface area (Å²) in [4.78, 5) is 29.6. The van der Waals surface area contributed by atoms with Crippen LogP contribution in [0.1, 0.15) is 53.5 Å². The number of nitrogens with one attached hydrogen (secondary N) is 2. The summed E-state index contributed by atoms with van der Waals surface area (Å²) in [5.41, 5.74) is -0.868. The summed E-state index contributed by atoms with van der Waals surface area (Å²) >= 11 is 0. The lowest BCUT2D eigenvalue weighted by molar-refractivity contribution is -0.141. The molecule has 2 aromatic carbocycles. The molecule has 0 bridgehead atoms. The summed E-state index contributed by atoms with van der Waals surface area (Å²) in [6.07, 6.45) is -1.29. The third-order valence-electron chi connectivity index (χ3n) is 6.95. The highest BCUT2D eigenvalue weighted by molar-refractivity contribution is 5.95. The maximum Gasteiger partial charge on any atom is 0.435 e. The molecular formula is C28H26F4N6O3. The standard InChI is InChI=1S/C28H26F4N6O3/c29-20-12-10-17(11-13-20)24-35-27(41-37-24)19-8-6-18(7-9-19)25(39)33-14-15-34-26(40)22-16-38(21-4-2-1-3-5-21)36-23(22)28(30,31)32/h1-5,10-13,16,18-19H,6-9,14-15H2,(H,33,39)(H,34,40). The van der Waals surface area contributed by atoms with Gasteiger partial charge in [-0.15, -0.1) is 0 Å². The zero-order chi connectivity index (χ0) is 29.0. The van der Waals surface area contributed by atoms with Crippen molar-refractivity contribution in [2.75, 3.05) is 13.1 Å². The molecule has 1 fully saturated rings. The fourth-order valence-corrected chi connectivity index (χ4v) is 4.78. The Kier molecular flexibility index (Phi) is 8.13. The van der Waals surface area contributed by atoms with Crippen LogP contribution in [0.25, 0.3) is 17.1 Å². The number of amides is 2. The van der Waals surface area contributed by atoms with Crippen molar-refractivity contribution in [2.45, 2.75) is 37.8 Å². The summed E-state index contributed by atoms with van der Waals surface area (Å²) in [6, 6.07) is 13.9. The van der Waals surface area contributed by atoms with Gasteiger partial charge in [0.25, 0.3) is 5.91 Å². The molecule has 1 aliphatic rings. The summed E-state index contributed by atoms with van der Waals surface area (Å²) in [7, 11) is 0. The van der Waals surface area contributed by atoms with Crippen LogP contribution in [-0.4, -0.2) is 44.8 Å². The highest BCUT2D eigenvalue weighted by Crippen LogP contribution is 2.36. The third kappa shape index (κ3) is 6.61. The number of hydrogen-bond donors (Lipinski definition) is 2. The van der Waals surface area contributed by atoms with E-state index < -0.39 is 23.3 Å². The molecule has 0 aliphatic heterocycles. The number of aromatic nitrogens is 4. The minimum atomic E-state index is -4.82. The second-order valence-corrected chi connectivity index (χ2v) is 9.73. The molecule has 1 aliphatic carbocycles. The van der Waals surface area contributed by atoms with E-state index >= 15 is 0 Å². The molecule has 5 rings (SSSR count). The van der Waals surface area contributed by atoms with Crippen LogP contribution >= 0.6 is 0 Å². The molecule has 214 valence electrons. The molecule has 0 spiro atoms. The van der Waals surface area contributed by atoms with Crippen LogP contribution in [0, 0.1) is 11.7 Å². The molecular weight excluding hydrogens is 544 g/mol. The first-order chi connectivity index (χ1) is 19.7. The number of para-hydroxylation sites is 1. The van der Waals surface area contributed by atoms with Crippen LogP contribution in [-0.2, 0) is 11.0 Å². The number of carbonyl (C=O) groups excluding carboxylic acids is 2. The molecule has 0 atom stereocenters. The maximum absolute atomic E-state index is 13.5. The SMILES string of the molecule is O=C(NCCNC(=O)C1CCC(c2nc(-c3ccc(F)cc3)no2)CC1)c1cn(-c2ccccc2)nc1C(F)(F)F. The Labute approximate surface area is 231 Å². The van der Waals surface area contributed by atoms with Gasteiger partial charge in [-0.25, -0.2) is 9.07 Å². The predicted molar refractivity (Wildman–Crippen MR) is 138 cm³/mol. The van der Waals surface area contributed by atoms with Crippen LogP contribution in [0.15, 0.2) is 65.3 Å². The van der Waals surface area contributed by atoms with Gasteiger partial charge >= 0.3 is 6.18 Å². The number of nitrogens with zero attached hydrogens (tertiary/aromatic N) is 4. The topological polar surface area (TPSA) is 115 Å². The number of carbonyl (C=O) groups is 2. The van der Waals surface area contributed by atoms with E-state index in [0.29, 0.717) is 48.6 Å². The van der Waals surface area contributed by atoms with Crippen molar-refractivity contribution < 1.29 is 31.7 Å². The average molecular weight is 571 g/mol. The van der Waals surface area contributed by atoms with Crippen molar-refractivity contribution in [3.8, 4) is 17.1 Å². The molecule has 2 heterocycles. The van der Waals surface area contributed by atoms with E-state index in [4.69, 9.17) is 4.52 Å². The number of hydrogen-bond acceptors (Lipinski definition) is 6. The average Bonchev–Trinajstić information content (AvgIpc) is 3.65. The van der Waals surface area contributed by atoms with Crippen LogP contribution < -0.4 is 10.6 Å². The largest absolute Gasteiger partial charge is 0.435 e. The predicted octanol–water partition coefficient (Wildman–Crippen LogP) is 4.90. The smallest absolute Gasteiger partial charge is 0.354 e. The number of rotatable bonds is 8. The molecule has 0 unspecified atom stereocenters. The lowest BCUT2D eigenvalue weighted by Crippen LogP contribution is -2.38. The lowest BCUT2D eigenvalue weighted by Gasteiger charge is -2.25. The fourth-order valence-electron chi connectivity index (χ4n) is 4.78. The number of benzene rings is 2. The van der Waals surface area contributed by atoms with Crippen LogP contribution in [0.5, 0.6) is 0 Å². The van der Waals surface area contributed by atoms with Gasteiger partial charge in [-0.3, -0.25) is 9.59 Å². The van der Waals surface area contributed by atoms with E-state index in [-0.39, 0.29) is 36.6 Å². The molecule has 2 aromatic heterocycles. The van der Waals surface area contributed by atoms with Crippen molar-refractivity contribution in [3.05, 3.63) is 83.8 Å². The summed E-state index contributed by atoms with van der Waals surface area (Å²) in [5.74, 6) is -0.891. The molecule has 1 saturated carbocycles. The Hall–Kier alpha value is -4.55. The van der Waals surface area contributed by atoms with Crippen LogP contribution in [0.3, 0.4) is 0 Å². The monoisotopic (exact) mass is 570 g/mol. The van der Waals surface area contributed by atoms with Gasteiger partial charge in [0.1, 0.15) is 5.82 Å². The molecule has 4 aromatic rings. The molecule has 0 saturated heterocycles. The van der Waals surface area contributed by atoms with Gasteiger partial charge < -0.3 is 15.2 Å². The van der Waals surface area contributed by atoms with Crippen molar-refractivity contribution in [1.29, 1.82) is 0 Å². The van der Waals surface area contributed by atoms with Gasteiger partial charge in [-0.1, -0.05) is 23.4 Å². The van der Waals surface area contributed by atoms with Gasteiger partial charge in [-0.2, -0.15) is 23.3 Å². The number of halogens is 4. The Morgan fingerprint density at radius 2 is 1.63 bits per heavy atom. The number of alkyl halides is 3. The van der Waals surface area contributed by atoms with Gasteiger partial charge in [0.15, 0.2) is 5.69 Å². The fraction of sp³-hybridized carbons (Fsp3) is 0.321. The molecule has 41 heavy (non-hydrogen) atoms. The van der Waals surface area contributed by atoms with Crippen molar-refractivity contribution in [2.24, 2.45) is 5.92 Å². The van der Waals surface area contributed by atoms with Gasteiger partial charge in [0, 0.05) is 36.7 Å². The minimum Gasteiger partial charge on any atom is -0.354 e. The van der Waals surface area contributed by atoms with E-state index in [1.54, 1.807) is 42.5 Å². The molecule has 2 N–H and O–H groups in total. The zero-order valence-corrected chi connectivity index (χ0v) is 21.7. The van der Waals surface area contributed by atoms with Crippen molar-refractivity contribution in [1.82, 2.24) is 30.6 Å². The molecule has 2 amide bonds. The summed E-state index contributed by atoms with van der Waals surface area (Å²) in [5, 5.41) is 12.7. The summed E-state index contributed by atoms with van der Waals surface area (Å²) < 4.78 is 60.2. The highest BCUT2D eigenvalue weighted by Gasteiger charge is 2.39. The maximum atomic E-state index is 13.5. The van der Waals surface area contributed by atoms with Crippen molar-refractivity contribution in [3.63, 3.8) is 0 Å². The van der Waals surface area contributed by atoms with E-state index in [2.05, 4.69) is 25.9 Å². The normalized spacial score (nSPS) is 17.3. The van der Waals surface area contributed by atoms with Crippen LogP contribution in [0.2, 0.25) is 0 Å². The first-order valence-electron chi connectivity index (χ1n) is 13.1. The minimum absolute atomic E-state index is 0.000308. The first-order valence-corrected chi connectivity index (χ1v) is 13.1. The second-order valence-electron chi connectivity index (χ2n) is 9.73. The molecule has 0 radical (unpaired) electrons. The zero-order valence-electron chi connectivity index (χ0n) is 21.7. The van der Waals surface area contributed by atoms with Crippen LogP contribution in [0.4, 0.5) is 17.6 Å². The Morgan fingerprint density at radius 3 is 2.32 bits per heavy atom. The van der Waals surface area contributed by atoms with E-state index in [1.807, 2.05) is 0 Å². The van der Waals surface area contributed by atoms with Gasteiger partial charge in [-0.05, 0) is 62.1 Å². The van der Waals surface area contributed by atoms with Crippen molar-refractivity contribution >= 4 is 11.8 Å². The van der Waals surface area contributed by atoms with Gasteiger partial charge in [0.2, 0.25) is 17.6 Å². The highest BCUT2D eigenvalue weighted by atomic mass is 19.4. The molecule has 9 nitrogen and oxygen atoms in total. The Balaban J connectivity index is 1.09. The van der Waals surface area contributed by atoms with E-state index in [0.717, 1.165) is 10.9 Å². The third-order valence-corrected chi connectivity index (χ3v) is 6.95. The Bertz CT molecular complexity index is 1490. The Morgan fingerprint density at radius 1 is 0.951 bits per heavy atom. The molecule has 13 heteroatoms. The summed E-state index contributed by atoms with van der Waals surface area (Å²) in [6.45, 7) is 0.00520. The lowest BCUT2D eigenvalue weighted by atomic mass is 9.81. The van der Waals surface area contributed by atoms with E-state index in [1.165, 1.54) is 12.1 Å². The van der Waals surface area contributed by atoms with Gasteiger partial charge in [0.05, 0.1) is 11.3 Å². The second kappa shape index (κ2) is 11.9. The van der Waals surface area contributed by atoms with E-state index in [9.17, 15) is 27.2 Å².